The number of nitrogens with zero attached hydrogens (tertiary/aromatic N) is 1. The van der Waals surface area contributed by atoms with Gasteiger partial charge in [-0.3, -0.25) is 19.8 Å². The van der Waals surface area contributed by atoms with Crippen molar-refractivity contribution in [1.82, 2.24) is 10.2 Å². The van der Waals surface area contributed by atoms with E-state index in [1.807, 2.05) is 13.8 Å². The second-order valence-corrected chi connectivity index (χ2v) is 3.39. The lowest BCUT2D eigenvalue weighted by atomic mass is 10.0. The van der Waals surface area contributed by atoms with Crippen LogP contribution in [0.2, 0.25) is 0 Å². The average molecular weight is 170 g/mol. The van der Waals surface area contributed by atoms with Crippen LogP contribution in [0.5, 0.6) is 0 Å². The van der Waals surface area contributed by atoms with Crippen LogP contribution in [-0.4, -0.2) is 36.3 Å². The highest BCUT2D eigenvalue weighted by Gasteiger charge is 2.32. The van der Waals surface area contributed by atoms with Gasteiger partial charge in [-0.2, -0.15) is 0 Å². The monoisotopic (exact) mass is 170 g/mol. The molecule has 0 aliphatic carbocycles. The summed E-state index contributed by atoms with van der Waals surface area (Å²) in [7, 11) is 1.53. The minimum absolute atomic E-state index is 0.124. The van der Waals surface area contributed by atoms with Crippen molar-refractivity contribution in [1.29, 1.82) is 0 Å². The molecule has 1 N–H and O–H groups in total. The number of nitrogens with one attached hydrogen (secondary N) is 1. The molecule has 1 unspecified atom stereocenters. The lowest BCUT2D eigenvalue weighted by Gasteiger charge is -2.30. The van der Waals surface area contributed by atoms with E-state index in [1.165, 1.54) is 11.9 Å². The second-order valence-electron chi connectivity index (χ2n) is 3.39. The quantitative estimate of drug-likeness (QED) is 0.545. The van der Waals surface area contributed by atoms with E-state index < -0.39 is 0 Å². The van der Waals surface area contributed by atoms with Crippen LogP contribution in [0, 0.1) is 5.92 Å². The van der Waals surface area contributed by atoms with Gasteiger partial charge in [0.25, 0.3) is 0 Å². The third-order valence-corrected chi connectivity index (χ3v) is 2.11. The lowest BCUT2D eigenvalue weighted by Crippen LogP contribution is -2.58. The van der Waals surface area contributed by atoms with Gasteiger partial charge in [-0.1, -0.05) is 13.8 Å². The standard InChI is InChI=1S/C8H14N2O2/c1-5(2)7-8(12)10(3)6(11)4-9-7/h5,7,9H,4H2,1-3H3. The zero-order valence-electron chi connectivity index (χ0n) is 7.63. The number of likely N-dealkylation sites (N-methyl/N-ethyl adjacent to an activating group) is 1. The van der Waals surface area contributed by atoms with Crippen molar-refractivity contribution >= 4 is 11.8 Å². The summed E-state index contributed by atoms with van der Waals surface area (Å²) in [6.45, 7) is 4.18. The molecule has 1 saturated heterocycles. The molecule has 2 amide bonds. The molecule has 0 saturated carbocycles. The Hall–Kier alpha value is -0.900. The van der Waals surface area contributed by atoms with Crippen LogP contribution in [0.4, 0.5) is 0 Å². The number of piperazine rings is 1. The molecule has 0 spiro atoms. The Labute approximate surface area is 71.9 Å². The molecule has 1 fully saturated rings. The molecule has 0 bridgehead atoms. The summed E-state index contributed by atoms with van der Waals surface area (Å²) in [5.41, 5.74) is 0. The third kappa shape index (κ3) is 1.48. The molecule has 1 rings (SSSR count). The smallest absolute Gasteiger partial charge is 0.246 e. The molecule has 4 heteroatoms. The SMILES string of the molecule is CC(C)C1NCC(=O)N(C)C1=O. The first kappa shape index (κ1) is 9.19. The number of imide groups is 1. The minimum atomic E-state index is -0.201. The van der Waals surface area contributed by atoms with Crippen molar-refractivity contribution in [3.8, 4) is 0 Å². The molecule has 1 heterocycles. The summed E-state index contributed by atoms with van der Waals surface area (Å²) >= 11 is 0. The van der Waals surface area contributed by atoms with Crippen molar-refractivity contribution in [3.05, 3.63) is 0 Å². The maximum absolute atomic E-state index is 11.4. The van der Waals surface area contributed by atoms with Gasteiger partial charge < -0.3 is 0 Å². The summed E-state index contributed by atoms with van der Waals surface area (Å²) in [4.78, 5) is 23.6. The molecule has 1 aliphatic heterocycles. The molecule has 0 radical (unpaired) electrons. The van der Waals surface area contributed by atoms with Gasteiger partial charge in [-0.05, 0) is 5.92 Å². The molecular formula is C8H14N2O2. The Balaban J connectivity index is 2.72. The Bertz CT molecular complexity index is 213. The van der Waals surface area contributed by atoms with Crippen LogP contribution in [0.1, 0.15) is 13.8 Å². The minimum Gasteiger partial charge on any atom is -0.297 e. The highest BCUT2D eigenvalue weighted by Crippen LogP contribution is 2.08. The molecule has 68 valence electrons. The zero-order valence-corrected chi connectivity index (χ0v) is 7.63. The van der Waals surface area contributed by atoms with E-state index in [2.05, 4.69) is 5.32 Å². The number of hydrogen-bond acceptors (Lipinski definition) is 3. The first-order valence-electron chi connectivity index (χ1n) is 4.08. The maximum Gasteiger partial charge on any atom is 0.246 e. The fraction of sp³-hybridized carbons (Fsp3) is 0.750. The average Bonchev–Trinajstić information content (AvgIpc) is 2.00. The maximum atomic E-state index is 11.4. The summed E-state index contributed by atoms with van der Waals surface area (Å²) in [6.07, 6.45) is 0. The lowest BCUT2D eigenvalue weighted by molar-refractivity contribution is -0.148. The van der Waals surface area contributed by atoms with E-state index in [-0.39, 0.29) is 30.3 Å². The van der Waals surface area contributed by atoms with Crippen molar-refractivity contribution in [2.24, 2.45) is 5.92 Å². The largest absolute Gasteiger partial charge is 0.297 e. The van der Waals surface area contributed by atoms with Crippen molar-refractivity contribution < 1.29 is 9.59 Å². The number of amides is 2. The summed E-state index contributed by atoms with van der Waals surface area (Å²) in [6, 6.07) is -0.201. The first-order chi connectivity index (χ1) is 5.54. The molecule has 1 aliphatic rings. The van der Waals surface area contributed by atoms with Gasteiger partial charge in [0.2, 0.25) is 11.8 Å². The van der Waals surface area contributed by atoms with E-state index in [0.29, 0.717) is 0 Å². The number of rotatable bonds is 1. The second kappa shape index (κ2) is 3.23. The molecule has 12 heavy (non-hydrogen) atoms. The highest BCUT2D eigenvalue weighted by molar-refractivity contribution is 6.00. The van der Waals surface area contributed by atoms with Gasteiger partial charge in [-0.15, -0.1) is 0 Å². The van der Waals surface area contributed by atoms with Gasteiger partial charge in [0.05, 0.1) is 12.6 Å². The number of carbonyl (C=O) groups excluding carboxylic acids is 2. The number of hydrogen-bond donors (Lipinski definition) is 1. The van der Waals surface area contributed by atoms with Crippen LogP contribution >= 0.6 is 0 Å². The Morgan fingerprint density at radius 3 is 2.58 bits per heavy atom. The van der Waals surface area contributed by atoms with Crippen molar-refractivity contribution in [2.45, 2.75) is 19.9 Å². The summed E-state index contributed by atoms with van der Waals surface area (Å²) < 4.78 is 0. The van der Waals surface area contributed by atoms with Crippen LogP contribution < -0.4 is 5.32 Å². The molecule has 0 aromatic rings. The van der Waals surface area contributed by atoms with Gasteiger partial charge in [0.15, 0.2) is 0 Å². The van der Waals surface area contributed by atoms with Crippen molar-refractivity contribution in [2.75, 3.05) is 13.6 Å². The van der Waals surface area contributed by atoms with E-state index in [0.717, 1.165) is 0 Å². The zero-order chi connectivity index (χ0) is 9.30. The number of carbonyl (C=O) groups is 2. The first-order valence-corrected chi connectivity index (χ1v) is 4.08. The van der Waals surface area contributed by atoms with E-state index in [4.69, 9.17) is 0 Å². The highest BCUT2D eigenvalue weighted by atomic mass is 16.2. The van der Waals surface area contributed by atoms with Crippen molar-refractivity contribution in [3.63, 3.8) is 0 Å². The van der Waals surface area contributed by atoms with Crippen LogP contribution in [0.15, 0.2) is 0 Å². The van der Waals surface area contributed by atoms with E-state index in [9.17, 15) is 9.59 Å². The predicted molar refractivity (Wildman–Crippen MR) is 44.4 cm³/mol. The Kier molecular flexibility index (Phi) is 2.47. The summed E-state index contributed by atoms with van der Waals surface area (Å²) in [5.74, 6) is -0.0498. The molecule has 0 aromatic heterocycles. The van der Waals surface area contributed by atoms with Gasteiger partial charge >= 0.3 is 0 Å². The van der Waals surface area contributed by atoms with Gasteiger partial charge in [0, 0.05) is 7.05 Å². The van der Waals surface area contributed by atoms with E-state index >= 15 is 0 Å². The molecule has 0 aromatic carbocycles. The summed E-state index contributed by atoms with van der Waals surface area (Å²) in [5, 5.41) is 2.91. The Morgan fingerprint density at radius 1 is 1.50 bits per heavy atom. The third-order valence-electron chi connectivity index (χ3n) is 2.11. The Morgan fingerprint density at radius 2 is 2.08 bits per heavy atom. The van der Waals surface area contributed by atoms with Crippen LogP contribution in [-0.2, 0) is 9.59 Å². The molecular weight excluding hydrogens is 156 g/mol. The fourth-order valence-electron chi connectivity index (χ4n) is 1.26. The van der Waals surface area contributed by atoms with Crippen LogP contribution in [0.25, 0.3) is 0 Å². The predicted octanol–water partition coefficient (Wildman–Crippen LogP) is -0.401. The fourth-order valence-corrected chi connectivity index (χ4v) is 1.26. The van der Waals surface area contributed by atoms with E-state index in [1.54, 1.807) is 0 Å². The van der Waals surface area contributed by atoms with Gasteiger partial charge in [0.1, 0.15) is 0 Å². The van der Waals surface area contributed by atoms with Gasteiger partial charge in [-0.25, -0.2) is 0 Å². The normalized spacial score (nSPS) is 25.3. The molecule has 4 nitrogen and oxygen atoms in total. The topological polar surface area (TPSA) is 49.4 Å². The van der Waals surface area contributed by atoms with Crippen LogP contribution in [0.3, 0.4) is 0 Å². The molecule has 1 atom stereocenters.